The molecule has 0 fully saturated rings. The van der Waals surface area contributed by atoms with E-state index >= 15 is 0 Å². The van der Waals surface area contributed by atoms with Gasteiger partial charge in [-0.15, -0.1) is 11.6 Å². The lowest BCUT2D eigenvalue weighted by atomic mass is 10.0. The van der Waals surface area contributed by atoms with Crippen LogP contribution < -0.4 is 10.1 Å². The Labute approximate surface area is 110 Å². The molecule has 0 unspecified atom stereocenters. The third-order valence-electron chi connectivity index (χ3n) is 2.52. The molecule has 0 aromatic heterocycles. The zero-order chi connectivity index (χ0) is 11.5. The van der Waals surface area contributed by atoms with Crippen molar-refractivity contribution in [2.75, 3.05) is 24.3 Å². The molecule has 0 bridgehead atoms. The SMILES string of the molecule is ClCCOc1c(Cl)cc2c(c1Cl)CCCN2. The number of alkyl halides is 1. The van der Waals surface area contributed by atoms with E-state index in [1.54, 1.807) is 0 Å². The molecule has 1 heterocycles. The van der Waals surface area contributed by atoms with Crippen LogP contribution in [0, 0.1) is 0 Å². The lowest BCUT2D eigenvalue weighted by Gasteiger charge is -2.21. The van der Waals surface area contributed by atoms with Crippen molar-refractivity contribution in [3.63, 3.8) is 0 Å². The second kappa shape index (κ2) is 5.35. The van der Waals surface area contributed by atoms with Gasteiger partial charge in [-0.1, -0.05) is 23.2 Å². The highest BCUT2D eigenvalue weighted by atomic mass is 35.5. The first-order valence-electron chi connectivity index (χ1n) is 5.17. The van der Waals surface area contributed by atoms with Gasteiger partial charge in [0.2, 0.25) is 0 Å². The molecule has 16 heavy (non-hydrogen) atoms. The van der Waals surface area contributed by atoms with Gasteiger partial charge in [0, 0.05) is 12.2 Å². The number of benzene rings is 1. The molecule has 0 amide bonds. The molecule has 0 saturated carbocycles. The van der Waals surface area contributed by atoms with Crippen molar-refractivity contribution in [1.29, 1.82) is 0 Å². The van der Waals surface area contributed by atoms with Gasteiger partial charge in [-0.3, -0.25) is 0 Å². The van der Waals surface area contributed by atoms with Crippen LogP contribution in [0.2, 0.25) is 10.0 Å². The topological polar surface area (TPSA) is 21.3 Å². The summed E-state index contributed by atoms with van der Waals surface area (Å²) in [5.41, 5.74) is 2.10. The van der Waals surface area contributed by atoms with Gasteiger partial charge in [0.1, 0.15) is 6.61 Å². The maximum absolute atomic E-state index is 6.28. The number of fused-ring (bicyclic) bond motifs is 1. The molecule has 1 N–H and O–H groups in total. The first kappa shape index (κ1) is 12.2. The Kier molecular flexibility index (Phi) is 4.06. The average molecular weight is 281 g/mol. The van der Waals surface area contributed by atoms with Crippen molar-refractivity contribution in [2.24, 2.45) is 0 Å². The average Bonchev–Trinajstić information content (AvgIpc) is 2.29. The monoisotopic (exact) mass is 279 g/mol. The van der Waals surface area contributed by atoms with Crippen molar-refractivity contribution in [3.8, 4) is 5.75 Å². The molecular weight excluding hydrogens is 268 g/mol. The number of ether oxygens (including phenoxy) is 1. The van der Waals surface area contributed by atoms with Crippen LogP contribution in [0.4, 0.5) is 5.69 Å². The highest BCUT2D eigenvalue weighted by molar-refractivity contribution is 6.38. The summed E-state index contributed by atoms with van der Waals surface area (Å²) in [6, 6.07) is 1.87. The van der Waals surface area contributed by atoms with Crippen LogP contribution in [0.3, 0.4) is 0 Å². The fraction of sp³-hybridized carbons (Fsp3) is 0.455. The van der Waals surface area contributed by atoms with Crippen LogP contribution in [-0.2, 0) is 6.42 Å². The van der Waals surface area contributed by atoms with Crippen LogP contribution in [0.25, 0.3) is 0 Å². The first-order chi connectivity index (χ1) is 7.74. The highest BCUT2D eigenvalue weighted by Crippen LogP contribution is 2.41. The van der Waals surface area contributed by atoms with Gasteiger partial charge in [-0.25, -0.2) is 0 Å². The van der Waals surface area contributed by atoms with Gasteiger partial charge < -0.3 is 10.1 Å². The Hall–Kier alpha value is -0.310. The zero-order valence-corrected chi connectivity index (χ0v) is 10.9. The van der Waals surface area contributed by atoms with Crippen molar-refractivity contribution in [3.05, 3.63) is 21.7 Å². The quantitative estimate of drug-likeness (QED) is 0.846. The standard InChI is InChI=1S/C11H12Cl3NO/c12-3-5-16-11-8(13)6-9-7(10(11)14)2-1-4-15-9/h6,15H,1-5H2. The van der Waals surface area contributed by atoms with Gasteiger partial charge >= 0.3 is 0 Å². The fourth-order valence-corrected chi connectivity index (χ4v) is 2.54. The van der Waals surface area contributed by atoms with Gasteiger partial charge in [0.15, 0.2) is 5.75 Å². The minimum atomic E-state index is 0.410. The van der Waals surface area contributed by atoms with Crippen molar-refractivity contribution in [2.45, 2.75) is 12.8 Å². The third-order valence-corrected chi connectivity index (χ3v) is 3.35. The maximum atomic E-state index is 6.28. The molecule has 2 nitrogen and oxygen atoms in total. The van der Waals surface area contributed by atoms with E-state index in [2.05, 4.69) is 5.32 Å². The summed E-state index contributed by atoms with van der Waals surface area (Å²) in [6.07, 6.45) is 2.03. The number of hydrogen-bond donors (Lipinski definition) is 1. The van der Waals surface area contributed by atoms with Gasteiger partial charge in [-0.05, 0) is 24.5 Å². The number of anilines is 1. The van der Waals surface area contributed by atoms with E-state index in [0.29, 0.717) is 28.3 Å². The lowest BCUT2D eigenvalue weighted by molar-refractivity contribution is 0.343. The van der Waals surface area contributed by atoms with E-state index in [1.165, 1.54) is 0 Å². The number of nitrogens with one attached hydrogen (secondary N) is 1. The van der Waals surface area contributed by atoms with Crippen LogP contribution in [0.5, 0.6) is 5.75 Å². The third kappa shape index (κ3) is 2.34. The highest BCUT2D eigenvalue weighted by Gasteiger charge is 2.19. The molecule has 0 spiro atoms. The Morgan fingerprint density at radius 2 is 2.19 bits per heavy atom. The summed E-state index contributed by atoms with van der Waals surface area (Å²) < 4.78 is 5.46. The lowest BCUT2D eigenvalue weighted by Crippen LogP contribution is -2.13. The van der Waals surface area contributed by atoms with E-state index in [4.69, 9.17) is 39.5 Å². The minimum Gasteiger partial charge on any atom is -0.489 e. The predicted octanol–water partition coefficient (Wildman–Crippen LogP) is 3.97. The smallest absolute Gasteiger partial charge is 0.156 e. The molecule has 0 atom stereocenters. The van der Waals surface area contributed by atoms with E-state index in [-0.39, 0.29) is 0 Å². The van der Waals surface area contributed by atoms with E-state index in [0.717, 1.165) is 30.6 Å². The fourth-order valence-electron chi connectivity index (χ4n) is 1.80. The summed E-state index contributed by atoms with van der Waals surface area (Å²) in [4.78, 5) is 0. The van der Waals surface area contributed by atoms with E-state index in [9.17, 15) is 0 Å². The normalized spacial score (nSPS) is 14.2. The summed E-state index contributed by atoms with van der Waals surface area (Å²) in [7, 11) is 0. The summed E-state index contributed by atoms with van der Waals surface area (Å²) in [5, 5.41) is 4.42. The molecule has 1 aliphatic rings. The second-order valence-electron chi connectivity index (χ2n) is 3.60. The van der Waals surface area contributed by atoms with Crippen molar-refractivity contribution in [1.82, 2.24) is 0 Å². The largest absolute Gasteiger partial charge is 0.489 e. The van der Waals surface area contributed by atoms with Crippen molar-refractivity contribution >= 4 is 40.5 Å². The number of rotatable bonds is 3. The molecule has 1 aromatic rings. The Morgan fingerprint density at radius 1 is 1.38 bits per heavy atom. The molecule has 0 radical (unpaired) electrons. The van der Waals surface area contributed by atoms with Crippen molar-refractivity contribution < 1.29 is 4.74 Å². The Morgan fingerprint density at radius 3 is 2.94 bits per heavy atom. The predicted molar refractivity (Wildman–Crippen MR) is 69.5 cm³/mol. The molecule has 1 aliphatic heterocycles. The van der Waals surface area contributed by atoms with Gasteiger partial charge in [0.05, 0.1) is 15.9 Å². The molecule has 88 valence electrons. The van der Waals surface area contributed by atoms with E-state index in [1.807, 2.05) is 6.07 Å². The molecule has 5 heteroatoms. The first-order valence-corrected chi connectivity index (χ1v) is 6.46. The maximum Gasteiger partial charge on any atom is 0.156 e. The van der Waals surface area contributed by atoms with Crippen LogP contribution >= 0.6 is 34.8 Å². The number of hydrogen-bond acceptors (Lipinski definition) is 2. The molecular formula is C11H12Cl3NO. The minimum absolute atomic E-state index is 0.410. The van der Waals surface area contributed by atoms with E-state index < -0.39 is 0 Å². The Balaban J connectivity index is 2.37. The molecule has 1 aromatic carbocycles. The Bertz CT molecular complexity index is 395. The van der Waals surface area contributed by atoms with Gasteiger partial charge in [0.25, 0.3) is 0 Å². The summed E-state index contributed by atoms with van der Waals surface area (Å²) in [5.74, 6) is 0.966. The molecule has 0 aliphatic carbocycles. The zero-order valence-electron chi connectivity index (χ0n) is 8.66. The number of halogens is 3. The van der Waals surface area contributed by atoms with Crippen LogP contribution in [0.15, 0.2) is 6.07 Å². The second-order valence-corrected chi connectivity index (χ2v) is 4.76. The van der Waals surface area contributed by atoms with Gasteiger partial charge in [-0.2, -0.15) is 0 Å². The summed E-state index contributed by atoms with van der Waals surface area (Å²) in [6.45, 7) is 1.37. The van der Waals surface area contributed by atoms with Crippen LogP contribution in [-0.4, -0.2) is 19.0 Å². The van der Waals surface area contributed by atoms with Crippen LogP contribution in [0.1, 0.15) is 12.0 Å². The summed E-state index contributed by atoms with van der Waals surface area (Å²) >= 11 is 18.0. The molecule has 2 rings (SSSR count). The molecule has 0 saturated heterocycles.